The van der Waals surface area contributed by atoms with Gasteiger partial charge in [0.2, 0.25) is 0 Å². The van der Waals surface area contributed by atoms with Gasteiger partial charge in [0.05, 0.1) is 21.7 Å². The SMILES string of the molecule is C=CCCc1ccc(-c2ccc(C3=C4C(=O)N(CC(CC)CCCCC)C(c5ccc(-c6ccc(CCN)cc6)s5)=C4C(=O)CC3CC(CC)CCCC)s2)cc1. The number of hydrogen-bond donors (Lipinski definition) is 1. The lowest BCUT2D eigenvalue weighted by Crippen LogP contribution is -2.31. The number of amides is 1. The summed E-state index contributed by atoms with van der Waals surface area (Å²) in [6, 6.07) is 26.3. The number of rotatable bonds is 22. The van der Waals surface area contributed by atoms with Crippen LogP contribution in [0.2, 0.25) is 0 Å². The predicted molar refractivity (Wildman–Crippen MR) is 245 cm³/mol. The molecule has 2 N–H and O–H groups in total. The molecule has 3 unspecified atom stereocenters. The Bertz CT molecular complexity index is 2030. The molecule has 1 amide bonds. The van der Waals surface area contributed by atoms with Gasteiger partial charge < -0.3 is 10.6 Å². The van der Waals surface area contributed by atoms with E-state index < -0.39 is 0 Å². The Hall–Kier alpha value is -3.84. The molecule has 302 valence electrons. The van der Waals surface area contributed by atoms with Crippen molar-refractivity contribution in [3.05, 3.63) is 117 Å². The van der Waals surface area contributed by atoms with Gasteiger partial charge in [0.1, 0.15) is 0 Å². The van der Waals surface area contributed by atoms with Gasteiger partial charge in [0.25, 0.3) is 5.91 Å². The van der Waals surface area contributed by atoms with Crippen LogP contribution < -0.4 is 5.73 Å². The molecule has 6 rings (SSSR count). The predicted octanol–water partition coefficient (Wildman–Crippen LogP) is 13.6. The van der Waals surface area contributed by atoms with E-state index >= 15 is 4.79 Å². The molecule has 1 aliphatic heterocycles. The molecule has 0 fully saturated rings. The fourth-order valence-electron chi connectivity index (χ4n) is 8.82. The average molecular weight is 801 g/mol. The van der Waals surface area contributed by atoms with Crippen LogP contribution in [-0.4, -0.2) is 29.7 Å². The van der Waals surface area contributed by atoms with E-state index in [1.165, 1.54) is 40.8 Å². The second-order valence-electron chi connectivity index (χ2n) is 16.3. The summed E-state index contributed by atoms with van der Waals surface area (Å²) in [5.41, 5.74) is 14.0. The second kappa shape index (κ2) is 20.7. The van der Waals surface area contributed by atoms with Gasteiger partial charge in [-0.2, -0.15) is 0 Å². The number of fused-ring (bicyclic) bond motifs is 1. The third-order valence-electron chi connectivity index (χ3n) is 12.3. The van der Waals surface area contributed by atoms with Crippen LogP contribution in [0.25, 0.3) is 32.2 Å². The number of unbranched alkanes of at least 4 members (excludes halogenated alkanes) is 3. The summed E-state index contributed by atoms with van der Waals surface area (Å²) in [5.74, 6) is 1.03. The van der Waals surface area contributed by atoms with Gasteiger partial charge in [0.15, 0.2) is 5.78 Å². The number of benzene rings is 2. The van der Waals surface area contributed by atoms with Gasteiger partial charge in [-0.3, -0.25) is 9.59 Å². The minimum Gasteiger partial charge on any atom is -0.330 e. The zero-order chi connectivity index (χ0) is 40.3. The van der Waals surface area contributed by atoms with Crippen LogP contribution in [0.5, 0.6) is 0 Å². The first-order chi connectivity index (χ1) is 27.8. The van der Waals surface area contributed by atoms with Gasteiger partial charge in [0, 0.05) is 27.6 Å². The summed E-state index contributed by atoms with van der Waals surface area (Å²) in [5, 5.41) is 0. The van der Waals surface area contributed by atoms with Crippen molar-refractivity contribution in [3.63, 3.8) is 0 Å². The zero-order valence-electron chi connectivity index (χ0n) is 34.9. The summed E-state index contributed by atoms with van der Waals surface area (Å²) in [7, 11) is 0. The number of ketones is 1. The molecular formula is C51H64N2O2S2. The van der Waals surface area contributed by atoms with Crippen LogP contribution in [0, 0.1) is 17.8 Å². The highest BCUT2D eigenvalue weighted by molar-refractivity contribution is 7.17. The maximum Gasteiger partial charge on any atom is 0.259 e. The lowest BCUT2D eigenvalue weighted by Gasteiger charge is -2.29. The van der Waals surface area contributed by atoms with E-state index in [0.29, 0.717) is 42.5 Å². The van der Waals surface area contributed by atoms with E-state index in [0.717, 1.165) is 95.7 Å². The highest BCUT2D eigenvalue weighted by Gasteiger charge is 2.47. The summed E-state index contributed by atoms with van der Waals surface area (Å²) >= 11 is 3.47. The van der Waals surface area contributed by atoms with Gasteiger partial charge in [-0.15, -0.1) is 29.3 Å². The van der Waals surface area contributed by atoms with Crippen molar-refractivity contribution < 1.29 is 9.59 Å². The second-order valence-corrected chi connectivity index (χ2v) is 18.4. The molecule has 0 radical (unpaired) electrons. The molecule has 0 bridgehead atoms. The quantitative estimate of drug-likeness (QED) is 0.0636. The van der Waals surface area contributed by atoms with Crippen LogP contribution in [0.1, 0.15) is 126 Å². The lowest BCUT2D eigenvalue weighted by molar-refractivity contribution is -0.124. The number of carbonyl (C=O) groups excluding carboxylic acids is 2. The minimum atomic E-state index is 0.00782. The molecule has 4 aromatic rings. The first-order valence-electron chi connectivity index (χ1n) is 21.9. The smallest absolute Gasteiger partial charge is 0.259 e. The number of nitrogens with zero attached hydrogens (tertiary/aromatic N) is 1. The molecule has 57 heavy (non-hydrogen) atoms. The number of Topliss-reactive ketones (excluding diaryl/α,β-unsaturated/α-hetero) is 1. The van der Waals surface area contributed by atoms with Gasteiger partial charge in [-0.25, -0.2) is 0 Å². The van der Waals surface area contributed by atoms with E-state index in [-0.39, 0.29) is 17.6 Å². The number of aryl methyl sites for hydroxylation is 1. The van der Waals surface area contributed by atoms with E-state index in [4.69, 9.17) is 5.73 Å². The Balaban J connectivity index is 1.49. The highest BCUT2D eigenvalue weighted by Crippen LogP contribution is 2.52. The van der Waals surface area contributed by atoms with Crippen molar-refractivity contribution in [1.29, 1.82) is 0 Å². The Kier molecular flexibility index (Phi) is 15.5. The van der Waals surface area contributed by atoms with Crippen LogP contribution in [0.3, 0.4) is 0 Å². The van der Waals surface area contributed by atoms with Crippen LogP contribution in [-0.2, 0) is 22.4 Å². The largest absolute Gasteiger partial charge is 0.330 e. The molecule has 2 aromatic carbocycles. The lowest BCUT2D eigenvalue weighted by atomic mass is 9.73. The molecule has 0 saturated carbocycles. The Morgan fingerprint density at radius 3 is 1.89 bits per heavy atom. The number of nitrogens with two attached hydrogens (primary N) is 1. The minimum absolute atomic E-state index is 0.00782. The first kappa shape index (κ1) is 42.8. The Morgan fingerprint density at radius 2 is 1.30 bits per heavy atom. The third kappa shape index (κ3) is 10.1. The van der Waals surface area contributed by atoms with E-state index in [1.54, 1.807) is 22.7 Å². The van der Waals surface area contributed by atoms with Crippen LogP contribution in [0.15, 0.2) is 96.6 Å². The highest BCUT2D eigenvalue weighted by atomic mass is 32.1. The van der Waals surface area contributed by atoms with E-state index in [2.05, 4.69) is 107 Å². The normalized spacial score (nSPS) is 16.8. The maximum absolute atomic E-state index is 15.3. The Labute approximate surface area is 351 Å². The van der Waals surface area contributed by atoms with Crippen molar-refractivity contribution in [2.75, 3.05) is 13.1 Å². The molecule has 3 heterocycles. The van der Waals surface area contributed by atoms with Crippen molar-refractivity contribution in [2.24, 2.45) is 23.5 Å². The molecule has 4 nitrogen and oxygen atoms in total. The molecule has 1 aliphatic carbocycles. The van der Waals surface area contributed by atoms with E-state index in [9.17, 15) is 4.79 Å². The van der Waals surface area contributed by atoms with Gasteiger partial charge in [-0.1, -0.05) is 134 Å². The molecular weight excluding hydrogens is 737 g/mol. The fraction of sp³-hybridized carbons (Fsp3) is 0.451. The Morgan fingerprint density at radius 1 is 0.719 bits per heavy atom. The van der Waals surface area contributed by atoms with Crippen molar-refractivity contribution >= 4 is 45.6 Å². The van der Waals surface area contributed by atoms with Crippen molar-refractivity contribution in [1.82, 2.24) is 4.90 Å². The first-order valence-corrected chi connectivity index (χ1v) is 23.5. The summed E-state index contributed by atoms with van der Waals surface area (Å²) in [6.45, 7) is 14.2. The average Bonchev–Trinajstić information content (AvgIpc) is 3.98. The van der Waals surface area contributed by atoms with E-state index in [1.807, 2.05) is 11.0 Å². The monoisotopic (exact) mass is 800 g/mol. The maximum atomic E-state index is 15.3. The molecule has 6 heteroatoms. The number of carbonyl (C=O) groups is 2. The molecule has 3 atom stereocenters. The molecule has 2 aromatic heterocycles. The summed E-state index contributed by atoms with van der Waals surface area (Å²) < 4.78 is 0. The third-order valence-corrected chi connectivity index (χ3v) is 14.6. The van der Waals surface area contributed by atoms with Gasteiger partial charge >= 0.3 is 0 Å². The number of hydrogen-bond acceptors (Lipinski definition) is 5. The number of allylic oxidation sites excluding steroid dienone is 2. The molecule has 2 aliphatic rings. The topological polar surface area (TPSA) is 63.4 Å². The standard InChI is InChI=1S/C51H64N2O2S2/c1-6-11-14-17-36(10-5)34-53-50(46-29-27-44(57-46)40-24-20-38(21-25-40)30-31-52)48-42(54)33-41(32-35(9-4)15-12-7-2)47(49(48)51(53)55)45-28-26-43(56-45)39-22-18-37(19-23-39)16-13-8-3/h8,18-29,35-36,41H,3,6-7,9-17,30-34,52H2,1-2,4-5H3. The molecule has 0 saturated heterocycles. The molecule has 0 spiro atoms. The van der Waals surface area contributed by atoms with Crippen LogP contribution in [0.4, 0.5) is 0 Å². The zero-order valence-corrected chi connectivity index (χ0v) is 36.5. The number of thiophene rings is 2. The van der Waals surface area contributed by atoms with Crippen molar-refractivity contribution in [3.8, 4) is 20.9 Å². The van der Waals surface area contributed by atoms with Gasteiger partial charge in [-0.05, 0) is 108 Å². The fourth-order valence-corrected chi connectivity index (χ4v) is 11.0. The van der Waals surface area contributed by atoms with Crippen LogP contribution >= 0.6 is 22.7 Å². The summed E-state index contributed by atoms with van der Waals surface area (Å²) in [6.07, 6.45) is 16.3. The van der Waals surface area contributed by atoms with Crippen molar-refractivity contribution in [2.45, 2.75) is 118 Å². The summed E-state index contributed by atoms with van der Waals surface area (Å²) in [4.78, 5) is 36.7.